The van der Waals surface area contributed by atoms with Crippen LogP contribution >= 0.6 is 23.2 Å². The van der Waals surface area contributed by atoms with Crippen LogP contribution in [0.3, 0.4) is 0 Å². The Labute approximate surface area is 187 Å². The Morgan fingerprint density at radius 3 is 2.77 bits per heavy atom. The number of halogens is 3. The number of carbonyl (C=O) groups excluding carboxylic acids is 1. The monoisotopic (exact) mass is 456 g/mol. The van der Waals surface area contributed by atoms with Crippen LogP contribution in [-0.2, 0) is 4.79 Å². The second kappa shape index (κ2) is 8.79. The predicted molar refractivity (Wildman–Crippen MR) is 120 cm³/mol. The number of oxazole rings is 1. The van der Waals surface area contributed by atoms with Crippen molar-refractivity contribution in [2.45, 2.75) is 0 Å². The molecule has 1 aromatic heterocycles. The zero-order chi connectivity index (χ0) is 22.0. The van der Waals surface area contributed by atoms with Gasteiger partial charge in [-0.15, -0.1) is 0 Å². The average molecular weight is 457 g/mol. The van der Waals surface area contributed by atoms with Gasteiger partial charge in [0, 0.05) is 27.9 Å². The van der Waals surface area contributed by atoms with Gasteiger partial charge in [0.25, 0.3) is 0 Å². The highest BCUT2D eigenvalue weighted by atomic mass is 35.5. The van der Waals surface area contributed by atoms with E-state index in [2.05, 4.69) is 10.3 Å². The molecule has 3 aromatic carbocycles. The van der Waals surface area contributed by atoms with Gasteiger partial charge in [-0.3, -0.25) is 4.79 Å². The molecular weight excluding hydrogens is 442 g/mol. The maximum absolute atomic E-state index is 13.5. The quantitative estimate of drug-likeness (QED) is 0.343. The van der Waals surface area contributed by atoms with Gasteiger partial charge in [0.1, 0.15) is 17.1 Å². The van der Waals surface area contributed by atoms with Crippen LogP contribution in [0.1, 0.15) is 5.56 Å². The largest absolute Gasteiger partial charge is 0.495 e. The van der Waals surface area contributed by atoms with E-state index in [1.807, 2.05) is 0 Å². The van der Waals surface area contributed by atoms with Gasteiger partial charge in [0.15, 0.2) is 5.58 Å². The number of rotatable bonds is 5. The lowest BCUT2D eigenvalue weighted by Crippen LogP contribution is -2.07. The molecule has 0 fully saturated rings. The molecule has 0 spiro atoms. The molecule has 1 heterocycles. The molecule has 0 aliphatic heterocycles. The lowest BCUT2D eigenvalue weighted by molar-refractivity contribution is -0.111. The molecule has 5 nitrogen and oxygen atoms in total. The summed E-state index contributed by atoms with van der Waals surface area (Å²) in [5.74, 6) is -0.0321. The summed E-state index contributed by atoms with van der Waals surface area (Å²) in [7, 11) is 1.48. The van der Waals surface area contributed by atoms with Crippen LogP contribution < -0.4 is 10.1 Å². The van der Waals surface area contributed by atoms with Crippen molar-refractivity contribution in [1.29, 1.82) is 0 Å². The van der Waals surface area contributed by atoms with E-state index in [9.17, 15) is 9.18 Å². The number of anilines is 1. The van der Waals surface area contributed by atoms with Crippen molar-refractivity contribution in [3.05, 3.63) is 82.1 Å². The molecule has 0 aliphatic rings. The van der Waals surface area contributed by atoms with Crippen LogP contribution in [0.15, 0.2) is 65.1 Å². The van der Waals surface area contributed by atoms with Crippen LogP contribution in [0.5, 0.6) is 5.75 Å². The number of benzene rings is 3. The lowest BCUT2D eigenvalue weighted by Gasteiger charge is -2.08. The minimum Gasteiger partial charge on any atom is -0.495 e. The fourth-order valence-corrected chi connectivity index (χ4v) is 3.61. The summed E-state index contributed by atoms with van der Waals surface area (Å²) < 4.78 is 24.4. The summed E-state index contributed by atoms with van der Waals surface area (Å²) in [6.07, 6.45) is 2.90. The second-order valence-corrected chi connectivity index (χ2v) is 7.39. The molecular formula is C23H15Cl2FN2O3. The van der Waals surface area contributed by atoms with E-state index in [1.54, 1.807) is 48.5 Å². The van der Waals surface area contributed by atoms with Gasteiger partial charge in [0.05, 0.1) is 12.1 Å². The van der Waals surface area contributed by atoms with E-state index in [0.29, 0.717) is 49.6 Å². The zero-order valence-electron chi connectivity index (χ0n) is 16.2. The van der Waals surface area contributed by atoms with Gasteiger partial charge in [-0.1, -0.05) is 29.3 Å². The van der Waals surface area contributed by atoms with Crippen molar-refractivity contribution >= 4 is 52.0 Å². The van der Waals surface area contributed by atoms with E-state index < -0.39 is 0 Å². The van der Waals surface area contributed by atoms with Gasteiger partial charge in [-0.2, -0.15) is 0 Å². The number of carbonyl (C=O) groups is 1. The van der Waals surface area contributed by atoms with E-state index >= 15 is 0 Å². The summed E-state index contributed by atoms with van der Waals surface area (Å²) in [5.41, 5.74) is 2.67. The Bertz CT molecular complexity index is 1320. The molecule has 0 unspecified atom stereocenters. The third kappa shape index (κ3) is 4.71. The Kier molecular flexibility index (Phi) is 5.93. The number of methoxy groups -OCH3 is 1. The number of nitrogens with one attached hydrogen (secondary N) is 1. The van der Waals surface area contributed by atoms with Gasteiger partial charge >= 0.3 is 0 Å². The first-order valence-corrected chi connectivity index (χ1v) is 9.87. The molecule has 1 amide bonds. The lowest BCUT2D eigenvalue weighted by atomic mass is 10.2. The minimum atomic E-state index is -0.378. The summed E-state index contributed by atoms with van der Waals surface area (Å²) in [6.45, 7) is 0. The molecule has 0 radical (unpaired) electrons. The first-order chi connectivity index (χ1) is 14.9. The minimum absolute atomic E-state index is 0.294. The van der Waals surface area contributed by atoms with Crippen molar-refractivity contribution < 1.29 is 18.3 Å². The average Bonchev–Trinajstić information content (AvgIpc) is 3.15. The first-order valence-electron chi connectivity index (χ1n) is 9.11. The molecule has 0 aliphatic carbocycles. The summed E-state index contributed by atoms with van der Waals surface area (Å²) in [5, 5.41) is 3.53. The van der Waals surface area contributed by atoms with Crippen LogP contribution in [0, 0.1) is 5.82 Å². The van der Waals surface area contributed by atoms with Gasteiger partial charge in [0.2, 0.25) is 11.8 Å². The SMILES string of the molecule is COc1c(Cl)cc(Cl)cc1C=CC(=O)Nc1ccc2oc(-c3cccc(F)c3)nc2c1. The predicted octanol–water partition coefficient (Wildman–Crippen LogP) is 6.60. The van der Waals surface area contributed by atoms with Crippen LogP contribution in [-0.4, -0.2) is 18.0 Å². The first kappa shape index (κ1) is 20.9. The smallest absolute Gasteiger partial charge is 0.248 e. The number of hydrogen-bond acceptors (Lipinski definition) is 4. The Morgan fingerprint density at radius 1 is 1.16 bits per heavy atom. The fraction of sp³-hybridized carbons (Fsp3) is 0.0435. The van der Waals surface area contributed by atoms with Crippen molar-refractivity contribution in [2.75, 3.05) is 12.4 Å². The van der Waals surface area contributed by atoms with Crippen molar-refractivity contribution in [3.63, 3.8) is 0 Å². The molecule has 0 atom stereocenters. The molecule has 8 heteroatoms. The third-order valence-corrected chi connectivity index (χ3v) is 4.88. The highest BCUT2D eigenvalue weighted by molar-refractivity contribution is 6.36. The van der Waals surface area contributed by atoms with Gasteiger partial charge in [-0.25, -0.2) is 9.37 Å². The molecule has 1 N–H and O–H groups in total. The van der Waals surface area contributed by atoms with E-state index in [4.69, 9.17) is 32.4 Å². The Hall–Kier alpha value is -3.35. The highest BCUT2D eigenvalue weighted by Crippen LogP contribution is 2.33. The maximum atomic E-state index is 13.5. The standard InChI is InChI=1S/C23H15Cl2FN2O3/c1-30-22-13(9-15(24)11-18(22)25)5-8-21(29)27-17-6-7-20-19(12-17)28-23(31-20)14-3-2-4-16(26)10-14/h2-12H,1H3,(H,27,29). The third-order valence-electron chi connectivity index (χ3n) is 4.38. The van der Waals surface area contributed by atoms with E-state index in [0.717, 1.165) is 0 Å². The fourth-order valence-electron chi connectivity index (χ4n) is 3.02. The number of ether oxygens (including phenoxy) is 1. The van der Waals surface area contributed by atoms with Crippen molar-refractivity contribution in [2.24, 2.45) is 0 Å². The topological polar surface area (TPSA) is 64.4 Å². The molecule has 4 rings (SSSR count). The van der Waals surface area contributed by atoms with E-state index in [-0.39, 0.29) is 11.7 Å². The number of nitrogens with zero attached hydrogens (tertiary/aromatic N) is 1. The summed E-state index contributed by atoms with van der Waals surface area (Å²) in [6, 6.07) is 14.2. The van der Waals surface area contributed by atoms with Crippen LogP contribution in [0.25, 0.3) is 28.6 Å². The molecule has 0 bridgehead atoms. The Morgan fingerprint density at radius 2 is 2.00 bits per heavy atom. The second-order valence-electron chi connectivity index (χ2n) is 6.54. The molecule has 156 valence electrons. The maximum Gasteiger partial charge on any atom is 0.248 e. The van der Waals surface area contributed by atoms with Crippen molar-refractivity contribution in [1.82, 2.24) is 4.98 Å². The molecule has 0 saturated carbocycles. The van der Waals surface area contributed by atoms with E-state index in [1.165, 1.54) is 25.3 Å². The number of aromatic nitrogens is 1. The number of fused-ring (bicyclic) bond motifs is 1. The highest BCUT2D eigenvalue weighted by Gasteiger charge is 2.11. The van der Waals surface area contributed by atoms with Gasteiger partial charge in [-0.05, 0) is 54.6 Å². The summed E-state index contributed by atoms with van der Waals surface area (Å²) >= 11 is 12.1. The van der Waals surface area contributed by atoms with Crippen molar-refractivity contribution in [3.8, 4) is 17.2 Å². The Balaban J connectivity index is 1.53. The van der Waals surface area contributed by atoms with Crippen LogP contribution in [0.2, 0.25) is 10.0 Å². The summed E-state index contributed by atoms with van der Waals surface area (Å²) in [4.78, 5) is 16.7. The molecule has 0 saturated heterocycles. The number of hydrogen-bond donors (Lipinski definition) is 1. The molecule has 4 aromatic rings. The van der Waals surface area contributed by atoms with Gasteiger partial charge < -0.3 is 14.5 Å². The zero-order valence-corrected chi connectivity index (χ0v) is 17.7. The molecule has 31 heavy (non-hydrogen) atoms. The van der Waals surface area contributed by atoms with Crippen LogP contribution in [0.4, 0.5) is 10.1 Å². The normalized spacial score (nSPS) is 11.2. The number of amides is 1.